The number of nitrogens with zero attached hydrogens (tertiary/aromatic N) is 2. The van der Waals surface area contributed by atoms with E-state index in [-0.39, 0.29) is 81.8 Å². The first-order chi connectivity index (χ1) is 27.6. The van der Waals surface area contributed by atoms with E-state index in [0.29, 0.717) is 19.8 Å². The third-order valence-electron chi connectivity index (χ3n) is 9.43. The number of rotatable bonds is 23. The van der Waals surface area contributed by atoms with E-state index in [2.05, 4.69) is 15.6 Å². The molecule has 4 rings (SSSR count). The van der Waals surface area contributed by atoms with Crippen molar-refractivity contribution in [3.63, 3.8) is 0 Å². The SMILES string of the molecule is Cc1ccc(S(=O)(=O)OCCOCCOCCOCCOCCC(=O)N[C@H](C(=O)N2C[C@H](O)C[C@H]2C(=O)N[C@@H](C)c2ccc(-c3scnc3C)cc2)C(C)(C)C)cc1. The summed E-state index contributed by atoms with van der Waals surface area (Å²) in [5.74, 6) is -1.19. The van der Waals surface area contributed by atoms with Gasteiger partial charge in [-0.3, -0.25) is 18.6 Å². The van der Waals surface area contributed by atoms with Gasteiger partial charge in [-0.15, -0.1) is 11.3 Å². The topological polar surface area (TPSA) is 192 Å². The Morgan fingerprint density at radius 3 is 1.98 bits per heavy atom. The number of aryl methyl sites for hydroxylation is 2. The molecule has 0 bridgehead atoms. The Morgan fingerprint density at radius 2 is 1.43 bits per heavy atom. The first-order valence-electron chi connectivity index (χ1n) is 19.4. The first-order valence-corrected chi connectivity index (χ1v) is 21.7. The van der Waals surface area contributed by atoms with Crippen molar-refractivity contribution in [3.8, 4) is 10.4 Å². The Labute approximate surface area is 345 Å². The predicted molar refractivity (Wildman–Crippen MR) is 219 cm³/mol. The Morgan fingerprint density at radius 1 is 0.862 bits per heavy atom. The second kappa shape index (κ2) is 22.5. The number of benzene rings is 2. The van der Waals surface area contributed by atoms with Crippen LogP contribution in [0, 0.1) is 19.3 Å². The summed E-state index contributed by atoms with van der Waals surface area (Å²) < 4.78 is 51.2. The minimum absolute atomic E-state index is 0.0112. The molecule has 2 aromatic carbocycles. The highest BCUT2D eigenvalue weighted by Gasteiger charge is 2.44. The predicted octanol–water partition coefficient (Wildman–Crippen LogP) is 3.96. The molecule has 0 saturated carbocycles. The molecule has 320 valence electrons. The van der Waals surface area contributed by atoms with Crippen LogP contribution >= 0.6 is 11.3 Å². The van der Waals surface area contributed by atoms with Crippen LogP contribution in [0.1, 0.15) is 63.4 Å². The van der Waals surface area contributed by atoms with Gasteiger partial charge in [0.25, 0.3) is 10.1 Å². The van der Waals surface area contributed by atoms with E-state index < -0.39 is 39.6 Å². The van der Waals surface area contributed by atoms with Crippen molar-refractivity contribution in [2.45, 2.75) is 83.5 Å². The van der Waals surface area contributed by atoms with E-state index in [9.17, 15) is 27.9 Å². The Kier molecular flexibility index (Phi) is 18.2. The number of carbonyl (C=O) groups is 3. The molecule has 3 N–H and O–H groups in total. The summed E-state index contributed by atoms with van der Waals surface area (Å²) in [6.07, 6.45) is -0.770. The summed E-state index contributed by atoms with van der Waals surface area (Å²) in [4.78, 5) is 47.3. The second-order valence-electron chi connectivity index (χ2n) is 15.2. The summed E-state index contributed by atoms with van der Waals surface area (Å²) >= 11 is 1.57. The van der Waals surface area contributed by atoms with Crippen LogP contribution in [0.3, 0.4) is 0 Å². The maximum atomic E-state index is 13.9. The number of hydrogen-bond donors (Lipinski definition) is 3. The molecule has 0 radical (unpaired) electrons. The third kappa shape index (κ3) is 14.5. The van der Waals surface area contributed by atoms with Crippen molar-refractivity contribution in [1.82, 2.24) is 20.5 Å². The number of nitrogens with one attached hydrogen (secondary N) is 2. The quantitative estimate of drug-likeness (QED) is 0.0922. The number of aliphatic hydroxyl groups excluding tert-OH is 1. The molecule has 1 aliphatic heterocycles. The highest BCUT2D eigenvalue weighted by atomic mass is 32.2. The molecule has 0 unspecified atom stereocenters. The lowest BCUT2D eigenvalue weighted by molar-refractivity contribution is -0.144. The number of ether oxygens (including phenoxy) is 4. The average Bonchev–Trinajstić information content (AvgIpc) is 3.80. The zero-order valence-electron chi connectivity index (χ0n) is 34.2. The van der Waals surface area contributed by atoms with Crippen molar-refractivity contribution in [2.24, 2.45) is 5.41 Å². The van der Waals surface area contributed by atoms with Gasteiger partial charge in [0, 0.05) is 19.4 Å². The van der Waals surface area contributed by atoms with Crippen LogP contribution in [0.25, 0.3) is 10.4 Å². The number of β-amino-alcohol motifs (C(OH)–C–C–N with tert-alkyl or cyclic N) is 1. The van der Waals surface area contributed by atoms with Crippen LogP contribution in [0.15, 0.2) is 58.9 Å². The van der Waals surface area contributed by atoms with Crippen LogP contribution < -0.4 is 10.6 Å². The van der Waals surface area contributed by atoms with Gasteiger partial charge in [-0.25, -0.2) is 4.98 Å². The Hall–Kier alpha value is -3.81. The normalized spacial score (nSPS) is 16.9. The molecule has 1 aliphatic rings. The van der Waals surface area contributed by atoms with Crippen LogP contribution in [0.4, 0.5) is 0 Å². The summed E-state index contributed by atoms with van der Waals surface area (Å²) in [7, 11) is -3.83. The summed E-state index contributed by atoms with van der Waals surface area (Å²) in [6.45, 7) is 13.0. The monoisotopic (exact) mass is 846 g/mol. The molecular weight excluding hydrogens is 789 g/mol. The molecule has 1 aromatic heterocycles. The number of likely N-dealkylation sites (tertiary alicyclic amines) is 1. The van der Waals surface area contributed by atoms with Gasteiger partial charge in [0.2, 0.25) is 17.7 Å². The molecule has 3 aromatic rings. The minimum atomic E-state index is -3.83. The molecule has 1 saturated heterocycles. The minimum Gasteiger partial charge on any atom is -0.391 e. The van der Waals surface area contributed by atoms with E-state index in [1.54, 1.807) is 23.5 Å². The Bertz CT molecular complexity index is 1870. The average molecular weight is 847 g/mol. The van der Waals surface area contributed by atoms with Crippen LogP contribution in [-0.2, 0) is 47.6 Å². The molecule has 17 heteroatoms. The van der Waals surface area contributed by atoms with Crippen LogP contribution in [-0.4, -0.2) is 125 Å². The number of carbonyl (C=O) groups excluding carboxylic acids is 3. The van der Waals surface area contributed by atoms with Gasteiger partial charge >= 0.3 is 0 Å². The molecule has 15 nitrogen and oxygen atoms in total. The van der Waals surface area contributed by atoms with Crippen LogP contribution in [0.5, 0.6) is 0 Å². The van der Waals surface area contributed by atoms with Gasteiger partial charge in [-0.05, 0) is 49.4 Å². The Balaban J connectivity index is 1.09. The van der Waals surface area contributed by atoms with Gasteiger partial charge in [-0.1, -0.05) is 62.7 Å². The van der Waals surface area contributed by atoms with Gasteiger partial charge in [-0.2, -0.15) is 8.42 Å². The molecule has 0 spiro atoms. The lowest BCUT2D eigenvalue weighted by atomic mass is 9.85. The van der Waals surface area contributed by atoms with E-state index in [0.717, 1.165) is 27.3 Å². The summed E-state index contributed by atoms with van der Waals surface area (Å²) in [6, 6.07) is 12.1. The highest BCUT2D eigenvalue weighted by Crippen LogP contribution is 2.29. The van der Waals surface area contributed by atoms with Crippen molar-refractivity contribution < 1.29 is 51.0 Å². The second-order valence-corrected chi connectivity index (χ2v) is 17.6. The van der Waals surface area contributed by atoms with E-state index in [1.165, 1.54) is 17.0 Å². The zero-order chi connectivity index (χ0) is 42.3. The fourth-order valence-corrected chi connectivity index (χ4v) is 7.86. The highest BCUT2D eigenvalue weighted by molar-refractivity contribution is 7.86. The number of amides is 3. The molecule has 58 heavy (non-hydrogen) atoms. The van der Waals surface area contributed by atoms with Gasteiger partial charge in [0.15, 0.2) is 0 Å². The molecule has 3 amide bonds. The number of aromatic nitrogens is 1. The fourth-order valence-electron chi connectivity index (χ4n) is 6.15. The summed E-state index contributed by atoms with van der Waals surface area (Å²) in [5.41, 5.74) is 4.98. The van der Waals surface area contributed by atoms with Crippen molar-refractivity contribution in [3.05, 3.63) is 70.9 Å². The number of thiazole rings is 1. The van der Waals surface area contributed by atoms with Crippen molar-refractivity contribution >= 4 is 39.2 Å². The maximum Gasteiger partial charge on any atom is 0.297 e. The number of hydrogen-bond acceptors (Lipinski definition) is 13. The molecule has 4 atom stereocenters. The third-order valence-corrected chi connectivity index (χ3v) is 11.7. The largest absolute Gasteiger partial charge is 0.391 e. The summed E-state index contributed by atoms with van der Waals surface area (Å²) in [5, 5.41) is 16.4. The maximum absolute atomic E-state index is 13.9. The van der Waals surface area contributed by atoms with Crippen molar-refractivity contribution in [1.29, 1.82) is 0 Å². The molecular formula is C41H58N4O11S2. The molecule has 2 heterocycles. The van der Waals surface area contributed by atoms with E-state index >= 15 is 0 Å². The van der Waals surface area contributed by atoms with E-state index in [4.69, 9.17) is 23.1 Å². The van der Waals surface area contributed by atoms with Gasteiger partial charge in [0.1, 0.15) is 12.1 Å². The molecule has 1 fully saturated rings. The smallest absolute Gasteiger partial charge is 0.297 e. The van der Waals surface area contributed by atoms with Gasteiger partial charge in [0.05, 0.1) is 92.6 Å². The molecule has 0 aliphatic carbocycles. The number of aliphatic hydroxyl groups is 1. The lowest BCUT2D eigenvalue weighted by Crippen LogP contribution is -2.58. The first kappa shape index (κ1) is 46.9. The fraction of sp³-hybridized carbons (Fsp3) is 0.561. The lowest BCUT2D eigenvalue weighted by Gasteiger charge is -2.35. The zero-order valence-corrected chi connectivity index (χ0v) is 35.9. The van der Waals surface area contributed by atoms with Crippen molar-refractivity contribution in [2.75, 3.05) is 66.0 Å². The standard InChI is InChI=1S/C41H58N4O11S2/c1-28-7-13-34(14-8-28)58(50,51)56-24-23-55-22-21-54-20-19-53-18-17-52-16-15-36(47)44-38(41(4,5)6)40(49)45-26-33(46)25-35(45)39(48)43-29(2)31-9-11-32(12-10-31)37-30(3)42-27-57-37/h7-14,27,29,33,35,38,46H,15-26H2,1-6H3,(H,43,48)(H,44,47)/t29-,33+,35-,38+/m0/s1. The van der Waals surface area contributed by atoms with E-state index in [1.807, 2.05) is 71.3 Å². The van der Waals surface area contributed by atoms with Gasteiger partial charge < -0.3 is 39.6 Å². The van der Waals surface area contributed by atoms with Crippen LogP contribution in [0.2, 0.25) is 0 Å².